The van der Waals surface area contributed by atoms with Crippen molar-refractivity contribution in [2.45, 2.75) is 20.5 Å². The summed E-state index contributed by atoms with van der Waals surface area (Å²) in [5.74, 6) is 0.702. The van der Waals surface area contributed by atoms with Crippen LogP contribution in [0.25, 0.3) is 17.0 Å². The van der Waals surface area contributed by atoms with Crippen LogP contribution in [-0.2, 0) is 16.1 Å². The largest absolute Gasteiger partial charge is 0.497 e. The fourth-order valence-corrected chi connectivity index (χ4v) is 2.89. The van der Waals surface area contributed by atoms with E-state index >= 15 is 0 Å². The van der Waals surface area contributed by atoms with Gasteiger partial charge in [0.05, 0.1) is 14.2 Å². The minimum absolute atomic E-state index is 0.0325. The number of esters is 1. The van der Waals surface area contributed by atoms with E-state index in [2.05, 4.69) is 0 Å². The van der Waals surface area contributed by atoms with Gasteiger partial charge < -0.3 is 18.6 Å². The number of hydrogen-bond acceptors (Lipinski definition) is 6. The second-order valence-electron chi connectivity index (χ2n) is 6.61. The summed E-state index contributed by atoms with van der Waals surface area (Å²) in [5, 5.41) is 0.752. The second-order valence-corrected chi connectivity index (χ2v) is 6.61. The molecule has 0 fully saturated rings. The Morgan fingerprint density at radius 2 is 1.62 bits per heavy atom. The molecule has 0 amide bonds. The number of carbonyl (C=O) groups excluding carboxylic acids is 1. The molecule has 6 heteroatoms. The van der Waals surface area contributed by atoms with Gasteiger partial charge in [0.25, 0.3) is 0 Å². The molecule has 0 bridgehead atoms. The van der Waals surface area contributed by atoms with E-state index in [1.54, 1.807) is 38.5 Å². The van der Waals surface area contributed by atoms with Gasteiger partial charge in [0.2, 0.25) is 0 Å². The lowest BCUT2D eigenvalue weighted by Crippen LogP contribution is -2.06. The van der Waals surface area contributed by atoms with Crippen LogP contribution in [-0.4, -0.2) is 20.2 Å². The van der Waals surface area contributed by atoms with E-state index < -0.39 is 11.6 Å². The molecule has 0 spiro atoms. The zero-order chi connectivity index (χ0) is 21.0. The normalized spacial score (nSPS) is 11.0. The third kappa shape index (κ3) is 4.85. The maximum Gasteiger partial charge on any atom is 0.336 e. The Bertz CT molecular complexity index is 1120. The third-order valence-corrected chi connectivity index (χ3v) is 4.60. The molecule has 29 heavy (non-hydrogen) atoms. The number of aryl methyl sites for hydroxylation is 2. The van der Waals surface area contributed by atoms with Gasteiger partial charge in [-0.1, -0.05) is 0 Å². The van der Waals surface area contributed by atoms with Crippen molar-refractivity contribution < 1.29 is 23.4 Å². The number of carbonyl (C=O) groups is 1. The van der Waals surface area contributed by atoms with Gasteiger partial charge in [-0.15, -0.1) is 0 Å². The Labute approximate surface area is 168 Å². The Balaban J connectivity index is 1.77. The first-order valence-electron chi connectivity index (χ1n) is 9.01. The number of fused-ring (bicyclic) bond motifs is 1. The average molecular weight is 394 g/mol. The van der Waals surface area contributed by atoms with Crippen LogP contribution in [0.15, 0.2) is 51.7 Å². The molecule has 3 rings (SSSR count). The Morgan fingerprint density at radius 3 is 2.28 bits per heavy atom. The number of hydrogen-bond donors (Lipinski definition) is 0. The maximum absolute atomic E-state index is 12.2. The molecule has 150 valence electrons. The zero-order valence-corrected chi connectivity index (χ0v) is 16.8. The molecule has 0 aliphatic heterocycles. The van der Waals surface area contributed by atoms with E-state index in [4.69, 9.17) is 18.6 Å². The van der Waals surface area contributed by atoms with Crippen molar-refractivity contribution in [3.63, 3.8) is 0 Å². The van der Waals surface area contributed by atoms with E-state index in [9.17, 15) is 9.59 Å². The molecular formula is C23H22O6. The molecular weight excluding hydrogens is 372 g/mol. The van der Waals surface area contributed by atoms with Crippen molar-refractivity contribution in [3.8, 4) is 11.5 Å². The quantitative estimate of drug-likeness (QED) is 0.355. The first-order valence-corrected chi connectivity index (χ1v) is 9.01. The van der Waals surface area contributed by atoms with Gasteiger partial charge >= 0.3 is 11.6 Å². The Hall–Kier alpha value is -3.54. The van der Waals surface area contributed by atoms with Crippen molar-refractivity contribution in [1.82, 2.24) is 0 Å². The fraction of sp³-hybridized carbons (Fsp3) is 0.217. The summed E-state index contributed by atoms with van der Waals surface area (Å²) in [6.45, 7) is 3.88. The third-order valence-electron chi connectivity index (χ3n) is 4.60. The molecule has 0 saturated heterocycles. The van der Waals surface area contributed by atoms with Crippen LogP contribution in [0.5, 0.6) is 11.5 Å². The molecule has 1 aromatic heterocycles. The molecule has 1 heterocycles. The van der Waals surface area contributed by atoms with Crippen LogP contribution < -0.4 is 15.1 Å². The van der Waals surface area contributed by atoms with E-state index in [-0.39, 0.29) is 6.61 Å². The van der Waals surface area contributed by atoms with Crippen molar-refractivity contribution in [2.75, 3.05) is 14.2 Å². The summed E-state index contributed by atoms with van der Waals surface area (Å²) >= 11 is 0. The number of benzene rings is 2. The second kappa shape index (κ2) is 8.65. The maximum atomic E-state index is 12.2. The molecule has 0 N–H and O–H groups in total. The van der Waals surface area contributed by atoms with Crippen molar-refractivity contribution in [1.29, 1.82) is 0 Å². The molecule has 0 aliphatic rings. The molecule has 6 nitrogen and oxygen atoms in total. The van der Waals surface area contributed by atoms with Crippen LogP contribution in [0.4, 0.5) is 0 Å². The molecule has 0 radical (unpaired) electrons. The standard InChI is InChI=1S/C23H22O6/c1-14-7-20-17(11-23(25)29-21(20)8-15(14)2)13-28-22(24)6-5-16-9-18(26-3)12-19(10-16)27-4/h5-12H,13H2,1-4H3/b6-5+. The fourth-order valence-electron chi connectivity index (χ4n) is 2.89. The summed E-state index contributed by atoms with van der Waals surface area (Å²) < 4.78 is 21.0. The van der Waals surface area contributed by atoms with Gasteiger partial charge in [-0.25, -0.2) is 9.59 Å². The van der Waals surface area contributed by atoms with Crippen LogP contribution in [0.2, 0.25) is 0 Å². The molecule has 0 saturated carbocycles. The molecule has 3 aromatic rings. The van der Waals surface area contributed by atoms with Gasteiger partial charge in [0.15, 0.2) is 0 Å². The number of ether oxygens (including phenoxy) is 3. The molecule has 0 atom stereocenters. The summed E-state index contributed by atoms with van der Waals surface area (Å²) in [6.07, 6.45) is 2.93. The monoisotopic (exact) mass is 394 g/mol. The SMILES string of the molecule is COc1cc(/C=C/C(=O)OCc2cc(=O)oc3cc(C)c(C)cc23)cc(OC)c1. The Morgan fingerprint density at radius 1 is 0.966 bits per heavy atom. The number of methoxy groups -OCH3 is 2. The van der Waals surface area contributed by atoms with Crippen LogP contribution in [0.3, 0.4) is 0 Å². The van der Waals surface area contributed by atoms with Crippen molar-refractivity contribution >= 4 is 23.0 Å². The first kappa shape index (κ1) is 20.2. The highest BCUT2D eigenvalue weighted by Crippen LogP contribution is 2.24. The summed E-state index contributed by atoms with van der Waals surface area (Å²) in [7, 11) is 3.11. The van der Waals surface area contributed by atoms with Crippen molar-refractivity contribution in [2.24, 2.45) is 0 Å². The molecule has 0 aliphatic carbocycles. The lowest BCUT2D eigenvalue weighted by atomic mass is 10.0. The highest BCUT2D eigenvalue weighted by Gasteiger charge is 2.10. The van der Waals surface area contributed by atoms with Gasteiger partial charge in [0, 0.05) is 29.2 Å². The lowest BCUT2D eigenvalue weighted by molar-refractivity contribution is -0.138. The summed E-state index contributed by atoms with van der Waals surface area (Å²) in [5.41, 5.74) is 3.41. The number of rotatable bonds is 6. The topological polar surface area (TPSA) is 75.0 Å². The van der Waals surface area contributed by atoms with Crippen LogP contribution >= 0.6 is 0 Å². The summed E-state index contributed by atoms with van der Waals surface area (Å²) in [4.78, 5) is 24.0. The van der Waals surface area contributed by atoms with Crippen LogP contribution in [0, 0.1) is 13.8 Å². The Kier molecular flexibility index (Phi) is 6.02. The summed E-state index contributed by atoms with van der Waals surface area (Å²) in [6, 6.07) is 10.4. The molecule has 2 aromatic carbocycles. The van der Waals surface area contributed by atoms with Gasteiger partial charge in [-0.3, -0.25) is 0 Å². The smallest absolute Gasteiger partial charge is 0.336 e. The predicted molar refractivity (Wildman–Crippen MR) is 110 cm³/mol. The van der Waals surface area contributed by atoms with Gasteiger partial charge in [-0.2, -0.15) is 0 Å². The van der Waals surface area contributed by atoms with Crippen molar-refractivity contribution in [3.05, 3.63) is 75.1 Å². The predicted octanol–water partition coefficient (Wildman–Crippen LogP) is 4.18. The average Bonchev–Trinajstić information content (AvgIpc) is 2.71. The van der Waals surface area contributed by atoms with Crippen LogP contribution in [0.1, 0.15) is 22.3 Å². The van der Waals surface area contributed by atoms with E-state index in [0.29, 0.717) is 22.6 Å². The van der Waals surface area contributed by atoms with Gasteiger partial charge in [0.1, 0.15) is 23.7 Å². The minimum atomic E-state index is -0.531. The van der Waals surface area contributed by atoms with E-state index in [0.717, 1.165) is 22.1 Å². The first-order chi connectivity index (χ1) is 13.9. The lowest BCUT2D eigenvalue weighted by Gasteiger charge is -2.08. The highest BCUT2D eigenvalue weighted by atomic mass is 16.5. The highest BCUT2D eigenvalue weighted by molar-refractivity contribution is 5.87. The molecule has 0 unspecified atom stereocenters. The minimum Gasteiger partial charge on any atom is -0.497 e. The zero-order valence-electron chi connectivity index (χ0n) is 16.8. The van der Waals surface area contributed by atoms with E-state index in [1.165, 1.54) is 12.1 Å². The van der Waals surface area contributed by atoms with E-state index in [1.807, 2.05) is 26.0 Å². The van der Waals surface area contributed by atoms with Gasteiger partial charge in [-0.05, 0) is 60.9 Å².